The van der Waals surface area contributed by atoms with Gasteiger partial charge in [-0.2, -0.15) is 0 Å². The Morgan fingerprint density at radius 1 is 1.25 bits per heavy atom. The lowest BCUT2D eigenvalue weighted by molar-refractivity contribution is 0.101. The lowest BCUT2D eigenvalue weighted by Crippen LogP contribution is -2.33. The smallest absolute Gasteiger partial charge is 0.165 e. The molecule has 1 aliphatic heterocycles. The number of β-amino-alcohol motifs (C(OH)–C–C–N with tert-alkyl or cyclic N) is 1. The Labute approximate surface area is 147 Å². The molecule has 1 atom stereocenters. The molecule has 0 aromatic heterocycles. The molecule has 0 fully saturated rings. The van der Waals surface area contributed by atoms with Gasteiger partial charge in [0.25, 0.3) is 0 Å². The molecule has 1 aliphatic rings. The summed E-state index contributed by atoms with van der Waals surface area (Å²) in [6.45, 7) is 4.41. The van der Waals surface area contributed by atoms with Gasteiger partial charge in [-0.25, -0.2) is 0 Å². The number of rotatable bonds is 4. The maximum atomic E-state index is 10.4. The quantitative estimate of drug-likeness (QED) is 0.886. The highest BCUT2D eigenvalue weighted by Gasteiger charge is 2.21. The first kappa shape index (κ1) is 17.1. The summed E-state index contributed by atoms with van der Waals surface area (Å²) >= 11 is 6.08. The van der Waals surface area contributed by atoms with E-state index in [4.69, 9.17) is 16.3 Å². The van der Waals surface area contributed by atoms with Gasteiger partial charge in [0, 0.05) is 30.2 Å². The Balaban J connectivity index is 1.93. The standard InChI is InChI=1S/C19H22ClNO3/c1-2-17(22)12-21-6-7-24-19-15(11-21)8-14(10-18(19)23)13-4-3-5-16(20)9-13/h3-5,8-10,17,22-23H,2,6-7,11-12H2,1H3. The van der Waals surface area contributed by atoms with Crippen molar-refractivity contribution < 1.29 is 14.9 Å². The monoisotopic (exact) mass is 347 g/mol. The minimum atomic E-state index is -0.351. The van der Waals surface area contributed by atoms with Crippen LogP contribution < -0.4 is 4.74 Å². The molecular weight excluding hydrogens is 326 g/mol. The van der Waals surface area contributed by atoms with Gasteiger partial charge in [0.1, 0.15) is 6.61 Å². The summed E-state index contributed by atoms with van der Waals surface area (Å²) in [6, 6.07) is 11.3. The molecule has 2 aromatic rings. The topological polar surface area (TPSA) is 52.9 Å². The van der Waals surface area contributed by atoms with E-state index in [1.807, 2.05) is 37.3 Å². The summed E-state index contributed by atoms with van der Waals surface area (Å²) in [5.74, 6) is 0.676. The number of aliphatic hydroxyl groups excluding tert-OH is 1. The Kier molecular flexibility index (Phi) is 5.29. The lowest BCUT2D eigenvalue weighted by atomic mass is 10.0. The number of benzene rings is 2. The van der Waals surface area contributed by atoms with Crippen LogP contribution in [-0.4, -0.2) is 40.9 Å². The number of hydrogen-bond donors (Lipinski definition) is 2. The second-order valence-corrected chi connectivity index (χ2v) is 6.58. The first-order valence-electron chi connectivity index (χ1n) is 8.22. The molecule has 0 spiro atoms. The van der Waals surface area contributed by atoms with E-state index in [1.165, 1.54) is 0 Å². The van der Waals surface area contributed by atoms with Crippen LogP contribution in [0, 0.1) is 0 Å². The number of phenolic OH excluding ortho intramolecular Hbond substituents is 1. The maximum Gasteiger partial charge on any atom is 0.165 e. The van der Waals surface area contributed by atoms with Crippen LogP contribution in [0.2, 0.25) is 5.02 Å². The molecule has 1 unspecified atom stereocenters. The Bertz CT molecular complexity index is 720. The fourth-order valence-corrected chi connectivity index (χ4v) is 3.16. The number of phenols is 1. The lowest BCUT2D eigenvalue weighted by Gasteiger charge is -2.22. The molecule has 1 heterocycles. The van der Waals surface area contributed by atoms with Crippen molar-refractivity contribution >= 4 is 11.6 Å². The molecule has 5 heteroatoms. The second-order valence-electron chi connectivity index (χ2n) is 6.14. The number of aromatic hydroxyl groups is 1. The van der Waals surface area contributed by atoms with E-state index in [2.05, 4.69) is 4.90 Å². The third kappa shape index (κ3) is 3.83. The van der Waals surface area contributed by atoms with Crippen molar-refractivity contribution in [3.63, 3.8) is 0 Å². The fourth-order valence-electron chi connectivity index (χ4n) is 2.97. The van der Waals surface area contributed by atoms with E-state index in [9.17, 15) is 10.2 Å². The van der Waals surface area contributed by atoms with Crippen LogP contribution in [0.5, 0.6) is 11.5 Å². The number of ether oxygens (including phenoxy) is 1. The first-order valence-corrected chi connectivity index (χ1v) is 8.59. The van der Waals surface area contributed by atoms with Crippen LogP contribution in [0.25, 0.3) is 11.1 Å². The molecule has 0 saturated heterocycles. The SMILES string of the molecule is CCC(O)CN1CCOc2c(O)cc(-c3cccc(Cl)c3)cc2C1. The van der Waals surface area contributed by atoms with E-state index >= 15 is 0 Å². The number of nitrogens with zero attached hydrogens (tertiary/aromatic N) is 1. The predicted molar refractivity (Wildman–Crippen MR) is 95.6 cm³/mol. The molecular formula is C19H22ClNO3. The van der Waals surface area contributed by atoms with Crippen molar-refractivity contribution in [3.8, 4) is 22.6 Å². The van der Waals surface area contributed by atoms with Gasteiger partial charge in [0.05, 0.1) is 6.10 Å². The summed E-state index contributed by atoms with van der Waals surface area (Å²) in [5, 5.41) is 21.0. The van der Waals surface area contributed by atoms with E-state index < -0.39 is 0 Å². The number of fused-ring (bicyclic) bond motifs is 1. The third-order valence-electron chi connectivity index (χ3n) is 4.29. The van der Waals surface area contributed by atoms with Crippen LogP contribution in [0.3, 0.4) is 0 Å². The predicted octanol–water partition coefficient (Wildman–Crippen LogP) is 3.68. The van der Waals surface area contributed by atoms with Gasteiger partial charge in [-0.1, -0.05) is 30.7 Å². The van der Waals surface area contributed by atoms with Gasteiger partial charge >= 0.3 is 0 Å². The van der Waals surface area contributed by atoms with Gasteiger partial charge in [-0.3, -0.25) is 4.90 Å². The molecule has 128 valence electrons. The van der Waals surface area contributed by atoms with Crippen molar-refractivity contribution in [2.75, 3.05) is 19.7 Å². The Morgan fingerprint density at radius 2 is 2.08 bits per heavy atom. The molecule has 24 heavy (non-hydrogen) atoms. The fraction of sp³-hybridized carbons (Fsp3) is 0.368. The highest BCUT2D eigenvalue weighted by molar-refractivity contribution is 6.30. The van der Waals surface area contributed by atoms with E-state index in [0.717, 1.165) is 29.7 Å². The molecule has 3 rings (SSSR count). The molecule has 0 radical (unpaired) electrons. The zero-order valence-electron chi connectivity index (χ0n) is 13.7. The molecule has 0 aliphatic carbocycles. The van der Waals surface area contributed by atoms with Crippen molar-refractivity contribution in [2.24, 2.45) is 0 Å². The number of hydrogen-bond acceptors (Lipinski definition) is 4. The molecule has 0 saturated carbocycles. The molecule has 2 N–H and O–H groups in total. The van der Waals surface area contributed by atoms with Crippen LogP contribution in [0.15, 0.2) is 36.4 Å². The highest BCUT2D eigenvalue weighted by Crippen LogP contribution is 2.38. The van der Waals surface area contributed by atoms with Crippen molar-refractivity contribution in [3.05, 3.63) is 47.0 Å². The van der Waals surface area contributed by atoms with Gasteiger partial charge < -0.3 is 14.9 Å². The third-order valence-corrected chi connectivity index (χ3v) is 4.53. The first-order chi connectivity index (χ1) is 11.6. The van der Waals surface area contributed by atoms with Crippen molar-refractivity contribution in [1.29, 1.82) is 0 Å². The van der Waals surface area contributed by atoms with Crippen molar-refractivity contribution in [1.82, 2.24) is 4.90 Å². The van der Waals surface area contributed by atoms with Gasteiger partial charge in [0.15, 0.2) is 11.5 Å². The summed E-state index contributed by atoms with van der Waals surface area (Å²) in [4.78, 5) is 2.15. The molecule has 0 bridgehead atoms. The average molecular weight is 348 g/mol. The Hall–Kier alpha value is -1.75. The summed E-state index contributed by atoms with van der Waals surface area (Å²) in [5.41, 5.74) is 2.77. The average Bonchev–Trinajstić information content (AvgIpc) is 2.76. The largest absolute Gasteiger partial charge is 0.504 e. The summed E-state index contributed by atoms with van der Waals surface area (Å²) in [6.07, 6.45) is 0.370. The normalized spacial score (nSPS) is 16.1. The van der Waals surface area contributed by atoms with Crippen molar-refractivity contribution in [2.45, 2.75) is 26.0 Å². The number of halogens is 1. The number of aliphatic hydroxyl groups is 1. The maximum absolute atomic E-state index is 10.4. The van der Waals surface area contributed by atoms with Gasteiger partial charge in [-0.05, 0) is 41.8 Å². The van der Waals surface area contributed by atoms with Gasteiger partial charge in [-0.15, -0.1) is 0 Å². The van der Waals surface area contributed by atoms with Crippen LogP contribution in [-0.2, 0) is 6.54 Å². The van der Waals surface area contributed by atoms with E-state index in [1.54, 1.807) is 6.07 Å². The minimum absolute atomic E-state index is 0.139. The van der Waals surface area contributed by atoms with Gasteiger partial charge in [0.2, 0.25) is 0 Å². The highest BCUT2D eigenvalue weighted by atomic mass is 35.5. The second kappa shape index (κ2) is 7.43. The van der Waals surface area contributed by atoms with Crippen LogP contribution in [0.4, 0.5) is 0 Å². The van der Waals surface area contributed by atoms with E-state index in [0.29, 0.717) is 30.5 Å². The van der Waals surface area contributed by atoms with E-state index in [-0.39, 0.29) is 11.9 Å². The van der Waals surface area contributed by atoms with Crippen LogP contribution in [0.1, 0.15) is 18.9 Å². The molecule has 4 nitrogen and oxygen atoms in total. The van der Waals surface area contributed by atoms with Crippen LogP contribution >= 0.6 is 11.6 Å². The zero-order valence-corrected chi connectivity index (χ0v) is 14.5. The zero-order chi connectivity index (χ0) is 17.1. The minimum Gasteiger partial charge on any atom is -0.504 e. The molecule has 0 amide bonds. The summed E-state index contributed by atoms with van der Waals surface area (Å²) in [7, 11) is 0. The molecule has 2 aromatic carbocycles. The Morgan fingerprint density at radius 3 is 2.83 bits per heavy atom. The summed E-state index contributed by atoms with van der Waals surface area (Å²) < 4.78 is 5.74.